The van der Waals surface area contributed by atoms with Crippen molar-refractivity contribution in [3.63, 3.8) is 0 Å². The molecular formula is C18H19NO3. The van der Waals surface area contributed by atoms with E-state index in [9.17, 15) is 9.59 Å². The third-order valence-corrected chi connectivity index (χ3v) is 3.49. The molecule has 0 spiro atoms. The van der Waals surface area contributed by atoms with Crippen molar-refractivity contribution in [2.45, 2.75) is 20.8 Å². The highest BCUT2D eigenvalue weighted by molar-refractivity contribution is 6.11. The van der Waals surface area contributed by atoms with Crippen molar-refractivity contribution in [1.29, 1.82) is 0 Å². The second-order valence-electron chi connectivity index (χ2n) is 5.27. The highest BCUT2D eigenvalue weighted by Gasteiger charge is 2.18. The Morgan fingerprint density at radius 1 is 0.955 bits per heavy atom. The van der Waals surface area contributed by atoms with Gasteiger partial charge >= 0.3 is 5.97 Å². The highest BCUT2D eigenvalue weighted by Crippen LogP contribution is 2.23. The fraction of sp³-hybridized carbons (Fsp3) is 0.222. The maximum atomic E-state index is 12.5. The van der Waals surface area contributed by atoms with Gasteiger partial charge in [0, 0.05) is 5.69 Å². The van der Waals surface area contributed by atoms with Crippen LogP contribution in [-0.2, 0) is 4.74 Å². The minimum absolute atomic E-state index is 0.255. The zero-order valence-corrected chi connectivity index (χ0v) is 13.2. The summed E-state index contributed by atoms with van der Waals surface area (Å²) in [4.78, 5) is 24.3. The van der Waals surface area contributed by atoms with E-state index >= 15 is 0 Å². The molecule has 0 unspecified atom stereocenters. The first-order valence-corrected chi connectivity index (χ1v) is 7.00. The fourth-order valence-electron chi connectivity index (χ4n) is 2.53. The zero-order chi connectivity index (χ0) is 16.3. The molecular weight excluding hydrogens is 278 g/mol. The van der Waals surface area contributed by atoms with Crippen LogP contribution < -0.4 is 5.32 Å². The van der Waals surface area contributed by atoms with E-state index in [4.69, 9.17) is 4.74 Å². The third-order valence-electron chi connectivity index (χ3n) is 3.49. The Morgan fingerprint density at radius 2 is 1.50 bits per heavy atom. The van der Waals surface area contributed by atoms with Crippen molar-refractivity contribution in [1.82, 2.24) is 0 Å². The number of amides is 1. The molecule has 2 aromatic rings. The van der Waals surface area contributed by atoms with Crippen LogP contribution in [-0.4, -0.2) is 19.0 Å². The first-order chi connectivity index (χ1) is 10.4. The lowest BCUT2D eigenvalue weighted by Gasteiger charge is -2.14. The molecule has 0 heterocycles. The lowest BCUT2D eigenvalue weighted by Crippen LogP contribution is -2.18. The number of rotatable bonds is 3. The molecule has 1 amide bonds. The molecule has 1 N–H and O–H groups in total. The Bertz CT molecular complexity index is 712. The van der Waals surface area contributed by atoms with Gasteiger partial charge in [-0.1, -0.05) is 29.8 Å². The number of esters is 1. The molecule has 4 heteroatoms. The van der Waals surface area contributed by atoms with E-state index in [1.165, 1.54) is 7.11 Å². The van der Waals surface area contributed by atoms with Crippen molar-refractivity contribution < 1.29 is 14.3 Å². The molecule has 114 valence electrons. The average Bonchev–Trinajstić information content (AvgIpc) is 2.49. The van der Waals surface area contributed by atoms with E-state index in [1.807, 2.05) is 32.9 Å². The Balaban J connectivity index is 2.37. The second-order valence-corrected chi connectivity index (χ2v) is 5.27. The molecule has 0 aromatic heterocycles. The summed E-state index contributed by atoms with van der Waals surface area (Å²) in [6.07, 6.45) is 0. The highest BCUT2D eigenvalue weighted by atomic mass is 16.5. The third kappa shape index (κ3) is 3.17. The van der Waals surface area contributed by atoms with Gasteiger partial charge in [-0.3, -0.25) is 4.79 Å². The van der Waals surface area contributed by atoms with Crippen LogP contribution in [0.2, 0.25) is 0 Å². The van der Waals surface area contributed by atoms with Crippen molar-refractivity contribution in [3.8, 4) is 0 Å². The molecule has 0 saturated carbocycles. The van der Waals surface area contributed by atoms with Gasteiger partial charge in [0.15, 0.2) is 0 Å². The number of methoxy groups -OCH3 is 1. The minimum atomic E-state index is -0.525. The number of hydrogen-bond acceptors (Lipinski definition) is 3. The lowest BCUT2D eigenvalue weighted by atomic mass is 10.0. The summed E-state index contributed by atoms with van der Waals surface area (Å²) in [7, 11) is 1.30. The topological polar surface area (TPSA) is 55.4 Å². The van der Waals surface area contributed by atoms with Gasteiger partial charge in [-0.25, -0.2) is 4.79 Å². The number of ether oxygens (including phenoxy) is 1. The molecule has 2 aromatic carbocycles. The molecule has 4 nitrogen and oxygen atoms in total. The van der Waals surface area contributed by atoms with E-state index in [0.717, 1.165) is 22.4 Å². The smallest absolute Gasteiger partial charge is 0.338 e. The van der Waals surface area contributed by atoms with Crippen molar-refractivity contribution >= 4 is 17.6 Å². The number of benzene rings is 2. The number of carbonyl (C=O) groups excluding carboxylic acids is 2. The molecule has 0 fully saturated rings. The summed E-state index contributed by atoms with van der Waals surface area (Å²) in [5, 5.41) is 2.89. The van der Waals surface area contributed by atoms with E-state index < -0.39 is 5.97 Å². The van der Waals surface area contributed by atoms with Gasteiger partial charge in [-0.2, -0.15) is 0 Å². The van der Waals surface area contributed by atoms with Gasteiger partial charge in [-0.15, -0.1) is 0 Å². The maximum Gasteiger partial charge on any atom is 0.338 e. The minimum Gasteiger partial charge on any atom is -0.465 e. The number of hydrogen-bond donors (Lipinski definition) is 1. The van der Waals surface area contributed by atoms with Crippen LogP contribution in [0.1, 0.15) is 37.4 Å². The van der Waals surface area contributed by atoms with Crippen LogP contribution in [0.25, 0.3) is 0 Å². The molecule has 0 aliphatic carbocycles. The van der Waals surface area contributed by atoms with Crippen LogP contribution in [0.15, 0.2) is 36.4 Å². The Hall–Kier alpha value is -2.62. The number of carbonyl (C=O) groups is 2. The van der Waals surface area contributed by atoms with Crippen LogP contribution in [0.5, 0.6) is 0 Å². The Morgan fingerprint density at radius 3 is 2.05 bits per heavy atom. The van der Waals surface area contributed by atoms with Gasteiger partial charge in [0.05, 0.1) is 18.2 Å². The molecule has 0 saturated heterocycles. The van der Waals surface area contributed by atoms with Crippen LogP contribution >= 0.6 is 0 Å². The van der Waals surface area contributed by atoms with Gasteiger partial charge in [0.2, 0.25) is 0 Å². The van der Waals surface area contributed by atoms with E-state index in [0.29, 0.717) is 5.56 Å². The predicted molar refractivity (Wildman–Crippen MR) is 86.4 cm³/mol. The lowest BCUT2D eigenvalue weighted by molar-refractivity contribution is 0.0597. The summed E-state index contributed by atoms with van der Waals surface area (Å²) in [6, 6.07) is 10.6. The Labute approximate surface area is 130 Å². The summed E-state index contributed by atoms with van der Waals surface area (Å²) >= 11 is 0. The second kappa shape index (κ2) is 6.43. The van der Waals surface area contributed by atoms with Crippen LogP contribution in [0.3, 0.4) is 0 Å². The van der Waals surface area contributed by atoms with E-state index in [-0.39, 0.29) is 11.5 Å². The first kappa shape index (κ1) is 15.8. The maximum absolute atomic E-state index is 12.5. The molecule has 0 atom stereocenters. The van der Waals surface area contributed by atoms with E-state index in [1.54, 1.807) is 24.3 Å². The fourth-order valence-corrected chi connectivity index (χ4v) is 2.53. The molecule has 0 radical (unpaired) electrons. The summed E-state index contributed by atoms with van der Waals surface area (Å²) in [6.45, 7) is 5.90. The normalized spacial score (nSPS) is 10.2. The number of aryl methyl sites for hydroxylation is 3. The van der Waals surface area contributed by atoms with Crippen LogP contribution in [0.4, 0.5) is 5.69 Å². The van der Waals surface area contributed by atoms with Gasteiger partial charge in [-0.05, 0) is 44.0 Å². The Kier molecular flexibility index (Phi) is 4.61. The molecule has 22 heavy (non-hydrogen) atoms. The number of anilines is 1. The van der Waals surface area contributed by atoms with Crippen molar-refractivity contribution in [2.24, 2.45) is 0 Å². The summed E-state index contributed by atoms with van der Waals surface area (Å²) < 4.78 is 4.72. The first-order valence-electron chi connectivity index (χ1n) is 7.00. The standard InChI is InChI=1S/C18H19NO3/c1-11-9-12(2)16(13(3)10-11)19-17(20)14-7-5-6-8-15(14)18(21)22-4/h5-10H,1-4H3,(H,19,20). The summed E-state index contributed by atoms with van der Waals surface area (Å²) in [5.74, 6) is -0.848. The van der Waals surface area contributed by atoms with E-state index in [2.05, 4.69) is 5.32 Å². The molecule has 0 bridgehead atoms. The van der Waals surface area contributed by atoms with Gasteiger partial charge in [0.1, 0.15) is 0 Å². The van der Waals surface area contributed by atoms with Gasteiger partial charge < -0.3 is 10.1 Å². The SMILES string of the molecule is COC(=O)c1ccccc1C(=O)Nc1c(C)cc(C)cc1C. The predicted octanol–water partition coefficient (Wildman–Crippen LogP) is 3.65. The largest absolute Gasteiger partial charge is 0.465 e. The van der Waals surface area contributed by atoms with Crippen molar-refractivity contribution in [3.05, 3.63) is 64.2 Å². The number of nitrogens with one attached hydrogen (secondary N) is 1. The van der Waals surface area contributed by atoms with Crippen molar-refractivity contribution in [2.75, 3.05) is 12.4 Å². The van der Waals surface area contributed by atoms with Crippen LogP contribution in [0, 0.1) is 20.8 Å². The quantitative estimate of drug-likeness (QED) is 0.880. The zero-order valence-electron chi connectivity index (χ0n) is 13.2. The monoisotopic (exact) mass is 297 g/mol. The molecule has 2 rings (SSSR count). The molecule has 0 aliphatic rings. The average molecular weight is 297 g/mol. The van der Waals surface area contributed by atoms with Gasteiger partial charge in [0.25, 0.3) is 5.91 Å². The molecule has 0 aliphatic heterocycles. The summed E-state index contributed by atoms with van der Waals surface area (Å²) in [5.41, 5.74) is 4.44.